The fourth-order valence-corrected chi connectivity index (χ4v) is 2.93. The Balaban J connectivity index is 1.92. The third-order valence-corrected chi connectivity index (χ3v) is 4.28. The van der Waals surface area contributed by atoms with E-state index in [1.54, 1.807) is 7.11 Å². The van der Waals surface area contributed by atoms with Gasteiger partial charge in [0.25, 0.3) is 0 Å². The number of ether oxygens (including phenoxy) is 1. The molecule has 0 aromatic heterocycles. The van der Waals surface area contributed by atoms with Crippen LogP contribution >= 0.6 is 0 Å². The Morgan fingerprint density at radius 2 is 2.00 bits per heavy atom. The minimum Gasteiger partial charge on any atom is -0.496 e. The topological polar surface area (TPSA) is 38.5 Å². The van der Waals surface area contributed by atoms with E-state index < -0.39 is 0 Å². The Kier molecular flexibility index (Phi) is 5.23. The number of nitrogens with two attached hydrogens (primary N) is 1. The van der Waals surface area contributed by atoms with Gasteiger partial charge in [-0.3, -0.25) is 0 Å². The Labute approximate surface area is 116 Å². The first-order chi connectivity index (χ1) is 9.24. The highest BCUT2D eigenvalue weighted by atomic mass is 16.5. The molecule has 0 saturated carbocycles. The first-order valence-electron chi connectivity index (χ1n) is 7.35. The van der Waals surface area contributed by atoms with E-state index in [1.165, 1.54) is 32.4 Å². The van der Waals surface area contributed by atoms with E-state index >= 15 is 0 Å². The first kappa shape index (κ1) is 14.4. The number of para-hydroxylation sites is 1. The SMILES string of the molecule is CCC1CCN(CC(N)c2ccccc2OC)CC1. The monoisotopic (exact) mass is 262 g/mol. The lowest BCUT2D eigenvalue weighted by molar-refractivity contribution is 0.172. The number of methoxy groups -OCH3 is 1. The fourth-order valence-electron chi connectivity index (χ4n) is 2.93. The van der Waals surface area contributed by atoms with Crippen LogP contribution in [0.5, 0.6) is 5.75 Å². The molecule has 1 fully saturated rings. The van der Waals surface area contributed by atoms with Gasteiger partial charge in [-0.05, 0) is 37.9 Å². The lowest BCUT2D eigenvalue weighted by Gasteiger charge is -2.33. The summed E-state index contributed by atoms with van der Waals surface area (Å²) in [6.45, 7) is 5.58. The van der Waals surface area contributed by atoms with Crippen LogP contribution in [0.25, 0.3) is 0 Å². The maximum Gasteiger partial charge on any atom is 0.123 e. The number of hydrogen-bond acceptors (Lipinski definition) is 3. The zero-order chi connectivity index (χ0) is 13.7. The van der Waals surface area contributed by atoms with E-state index in [0.29, 0.717) is 0 Å². The van der Waals surface area contributed by atoms with Crippen molar-refractivity contribution in [2.75, 3.05) is 26.7 Å². The van der Waals surface area contributed by atoms with Gasteiger partial charge in [-0.2, -0.15) is 0 Å². The molecule has 106 valence electrons. The number of rotatable bonds is 5. The summed E-state index contributed by atoms with van der Waals surface area (Å²) in [5.74, 6) is 1.82. The second kappa shape index (κ2) is 6.92. The Bertz CT molecular complexity index is 386. The summed E-state index contributed by atoms with van der Waals surface area (Å²) in [4.78, 5) is 2.49. The lowest BCUT2D eigenvalue weighted by Crippen LogP contribution is -2.38. The summed E-state index contributed by atoms with van der Waals surface area (Å²) >= 11 is 0. The predicted molar refractivity (Wildman–Crippen MR) is 79.4 cm³/mol. The average Bonchev–Trinajstić information content (AvgIpc) is 2.48. The maximum absolute atomic E-state index is 6.35. The first-order valence-corrected chi connectivity index (χ1v) is 7.35. The van der Waals surface area contributed by atoms with Gasteiger partial charge in [-0.1, -0.05) is 31.5 Å². The van der Waals surface area contributed by atoms with Gasteiger partial charge in [-0.15, -0.1) is 0 Å². The van der Waals surface area contributed by atoms with E-state index in [2.05, 4.69) is 17.9 Å². The Morgan fingerprint density at radius 3 is 2.63 bits per heavy atom. The molecule has 2 rings (SSSR count). The minimum absolute atomic E-state index is 0.0364. The van der Waals surface area contributed by atoms with Crippen molar-refractivity contribution in [2.24, 2.45) is 11.7 Å². The molecule has 0 bridgehead atoms. The molecule has 1 heterocycles. The van der Waals surface area contributed by atoms with Crippen molar-refractivity contribution in [1.82, 2.24) is 4.90 Å². The molecule has 3 nitrogen and oxygen atoms in total. The molecule has 1 aromatic carbocycles. The zero-order valence-electron chi connectivity index (χ0n) is 12.1. The lowest BCUT2D eigenvalue weighted by atomic mass is 9.94. The summed E-state index contributed by atoms with van der Waals surface area (Å²) in [7, 11) is 1.71. The smallest absolute Gasteiger partial charge is 0.123 e. The second-order valence-electron chi connectivity index (χ2n) is 5.50. The van der Waals surface area contributed by atoms with Crippen LogP contribution in [-0.4, -0.2) is 31.6 Å². The fraction of sp³-hybridized carbons (Fsp3) is 0.625. The third kappa shape index (κ3) is 3.71. The second-order valence-corrected chi connectivity index (χ2v) is 5.50. The summed E-state index contributed by atoms with van der Waals surface area (Å²) in [6.07, 6.45) is 3.94. The van der Waals surface area contributed by atoms with Crippen molar-refractivity contribution < 1.29 is 4.74 Å². The van der Waals surface area contributed by atoms with Crippen LogP contribution in [0.3, 0.4) is 0 Å². The molecule has 1 saturated heterocycles. The number of nitrogens with zero attached hydrogens (tertiary/aromatic N) is 1. The van der Waals surface area contributed by atoms with Crippen molar-refractivity contribution in [2.45, 2.75) is 32.2 Å². The molecular weight excluding hydrogens is 236 g/mol. The van der Waals surface area contributed by atoms with Gasteiger partial charge in [0.1, 0.15) is 5.75 Å². The normalized spacial score (nSPS) is 19.3. The van der Waals surface area contributed by atoms with Crippen LogP contribution in [0, 0.1) is 5.92 Å². The molecule has 1 aliphatic heterocycles. The summed E-state index contributed by atoms with van der Waals surface area (Å²) in [6, 6.07) is 8.11. The highest BCUT2D eigenvalue weighted by Crippen LogP contribution is 2.26. The van der Waals surface area contributed by atoms with E-state index in [4.69, 9.17) is 10.5 Å². The summed E-state index contributed by atoms with van der Waals surface area (Å²) in [5.41, 5.74) is 7.46. The Hall–Kier alpha value is -1.06. The number of likely N-dealkylation sites (tertiary alicyclic amines) is 1. The highest BCUT2D eigenvalue weighted by Gasteiger charge is 2.21. The molecule has 0 spiro atoms. The van der Waals surface area contributed by atoms with Crippen molar-refractivity contribution >= 4 is 0 Å². The molecule has 1 atom stereocenters. The standard InChI is InChI=1S/C16H26N2O/c1-3-13-8-10-18(11-9-13)12-15(17)14-6-4-5-7-16(14)19-2/h4-7,13,15H,3,8-12,17H2,1-2H3. The summed E-state index contributed by atoms with van der Waals surface area (Å²) in [5, 5.41) is 0. The van der Waals surface area contributed by atoms with E-state index in [-0.39, 0.29) is 6.04 Å². The van der Waals surface area contributed by atoms with Gasteiger partial charge in [-0.25, -0.2) is 0 Å². The molecule has 3 heteroatoms. The van der Waals surface area contributed by atoms with Gasteiger partial charge < -0.3 is 15.4 Å². The minimum atomic E-state index is 0.0364. The predicted octanol–water partition coefficient (Wildman–Crippen LogP) is 2.82. The zero-order valence-corrected chi connectivity index (χ0v) is 12.1. The van der Waals surface area contributed by atoms with Crippen molar-refractivity contribution in [3.05, 3.63) is 29.8 Å². The van der Waals surface area contributed by atoms with Crippen LogP contribution in [0.1, 0.15) is 37.8 Å². The van der Waals surface area contributed by atoms with Crippen LogP contribution in [-0.2, 0) is 0 Å². The van der Waals surface area contributed by atoms with E-state index in [9.17, 15) is 0 Å². The average molecular weight is 262 g/mol. The molecule has 1 unspecified atom stereocenters. The molecular formula is C16H26N2O. The number of benzene rings is 1. The van der Waals surface area contributed by atoms with Gasteiger partial charge in [0.2, 0.25) is 0 Å². The van der Waals surface area contributed by atoms with Gasteiger partial charge in [0.15, 0.2) is 0 Å². The van der Waals surface area contributed by atoms with Crippen molar-refractivity contribution in [3.8, 4) is 5.75 Å². The van der Waals surface area contributed by atoms with Crippen molar-refractivity contribution in [1.29, 1.82) is 0 Å². The van der Waals surface area contributed by atoms with Crippen LogP contribution < -0.4 is 10.5 Å². The van der Waals surface area contributed by atoms with Gasteiger partial charge >= 0.3 is 0 Å². The van der Waals surface area contributed by atoms with Crippen LogP contribution in [0.2, 0.25) is 0 Å². The van der Waals surface area contributed by atoms with Gasteiger partial charge in [0, 0.05) is 18.2 Å². The molecule has 0 amide bonds. The number of piperidine rings is 1. The Morgan fingerprint density at radius 1 is 1.32 bits per heavy atom. The van der Waals surface area contributed by atoms with Crippen LogP contribution in [0.4, 0.5) is 0 Å². The molecule has 0 aliphatic carbocycles. The molecule has 1 aliphatic rings. The molecule has 0 radical (unpaired) electrons. The highest BCUT2D eigenvalue weighted by molar-refractivity contribution is 5.35. The molecule has 1 aromatic rings. The molecule has 2 N–H and O–H groups in total. The maximum atomic E-state index is 6.35. The number of hydrogen-bond donors (Lipinski definition) is 1. The summed E-state index contributed by atoms with van der Waals surface area (Å²) < 4.78 is 5.39. The van der Waals surface area contributed by atoms with Crippen LogP contribution in [0.15, 0.2) is 24.3 Å². The quantitative estimate of drug-likeness (QED) is 0.887. The van der Waals surface area contributed by atoms with Gasteiger partial charge in [0.05, 0.1) is 7.11 Å². The van der Waals surface area contributed by atoms with Crippen molar-refractivity contribution in [3.63, 3.8) is 0 Å². The van der Waals surface area contributed by atoms with E-state index in [1.807, 2.05) is 18.2 Å². The largest absolute Gasteiger partial charge is 0.496 e. The molecule has 19 heavy (non-hydrogen) atoms. The van der Waals surface area contributed by atoms with E-state index in [0.717, 1.165) is 23.8 Å². The third-order valence-electron chi connectivity index (χ3n) is 4.28.